The van der Waals surface area contributed by atoms with E-state index in [1.54, 1.807) is 0 Å². The summed E-state index contributed by atoms with van der Waals surface area (Å²) in [4.78, 5) is 0. The third-order valence-corrected chi connectivity index (χ3v) is 4.21. The first-order valence-electron chi connectivity index (χ1n) is 7.06. The standard InChI is InChI=1S/C16H25N/c1-4-14-9-6-10-15(11-14)17-16-12(2)7-5-8-13(16)3/h6,9-13,16-17H,4-5,7-8H2,1-3H3. The molecular weight excluding hydrogens is 206 g/mol. The summed E-state index contributed by atoms with van der Waals surface area (Å²) in [5.74, 6) is 1.59. The Labute approximate surface area is 106 Å². The van der Waals surface area contributed by atoms with Gasteiger partial charge in [0.1, 0.15) is 0 Å². The van der Waals surface area contributed by atoms with Gasteiger partial charge >= 0.3 is 0 Å². The maximum Gasteiger partial charge on any atom is 0.0345 e. The van der Waals surface area contributed by atoms with Crippen LogP contribution in [-0.2, 0) is 6.42 Å². The van der Waals surface area contributed by atoms with Crippen molar-refractivity contribution in [3.63, 3.8) is 0 Å². The van der Waals surface area contributed by atoms with Crippen LogP contribution < -0.4 is 5.32 Å². The summed E-state index contributed by atoms with van der Waals surface area (Å²) in [5.41, 5.74) is 2.72. The first kappa shape index (κ1) is 12.5. The van der Waals surface area contributed by atoms with Crippen molar-refractivity contribution < 1.29 is 0 Å². The molecule has 94 valence electrons. The molecule has 0 heterocycles. The Morgan fingerprint density at radius 3 is 2.53 bits per heavy atom. The zero-order valence-electron chi connectivity index (χ0n) is 11.4. The van der Waals surface area contributed by atoms with E-state index in [1.807, 2.05) is 0 Å². The van der Waals surface area contributed by atoms with Crippen molar-refractivity contribution in [3.05, 3.63) is 29.8 Å². The normalized spacial score (nSPS) is 29.0. The minimum Gasteiger partial charge on any atom is -0.382 e. The molecule has 17 heavy (non-hydrogen) atoms. The molecule has 1 aliphatic rings. The van der Waals surface area contributed by atoms with Gasteiger partial charge in [-0.15, -0.1) is 0 Å². The molecule has 1 aromatic rings. The highest BCUT2D eigenvalue weighted by Crippen LogP contribution is 2.31. The van der Waals surface area contributed by atoms with Gasteiger partial charge in [-0.2, -0.15) is 0 Å². The van der Waals surface area contributed by atoms with Crippen LogP contribution in [-0.4, -0.2) is 6.04 Å². The Morgan fingerprint density at radius 1 is 1.18 bits per heavy atom. The van der Waals surface area contributed by atoms with Gasteiger partial charge in [-0.25, -0.2) is 0 Å². The van der Waals surface area contributed by atoms with Gasteiger partial charge in [0.25, 0.3) is 0 Å². The molecule has 1 aromatic carbocycles. The minimum absolute atomic E-state index is 0.649. The van der Waals surface area contributed by atoms with E-state index in [2.05, 4.69) is 50.4 Å². The third-order valence-electron chi connectivity index (χ3n) is 4.21. The molecule has 1 aliphatic carbocycles. The Kier molecular flexibility index (Phi) is 4.09. The van der Waals surface area contributed by atoms with Gasteiger partial charge in [-0.3, -0.25) is 0 Å². The predicted octanol–water partition coefficient (Wildman–Crippen LogP) is 4.49. The van der Waals surface area contributed by atoms with Crippen LogP contribution in [0.3, 0.4) is 0 Å². The van der Waals surface area contributed by atoms with Crippen LogP contribution in [0.1, 0.15) is 45.6 Å². The summed E-state index contributed by atoms with van der Waals surface area (Å²) >= 11 is 0. The van der Waals surface area contributed by atoms with Crippen molar-refractivity contribution in [2.75, 3.05) is 5.32 Å². The second-order valence-electron chi connectivity index (χ2n) is 5.61. The fraction of sp³-hybridized carbons (Fsp3) is 0.625. The molecule has 2 atom stereocenters. The van der Waals surface area contributed by atoms with Gasteiger partial charge in [0.2, 0.25) is 0 Å². The molecule has 1 heteroatoms. The van der Waals surface area contributed by atoms with Gasteiger partial charge in [0.15, 0.2) is 0 Å². The highest BCUT2D eigenvalue weighted by Gasteiger charge is 2.27. The highest BCUT2D eigenvalue weighted by atomic mass is 14.9. The first-order chi connectivity index (χ1) is 8.20. The van der Waals surface area contributed by atoms with Gasteiger partial charge in [-0.1, -0.05) is 39.3 Å². The van der Waals surface area contributed by atoms with Crippen LogP contribution in [0.4, 0.5) is 5.69 Å². The third kappa shape index (κ3) is 3.02. The smallest absolute Gasteiger partial charge is 0.0345 e. The summed E-state index contributed by atoms with van der Waals surface area (Å²) in [6.07, 6.45) is 5.26. The Balaban J connectivity index is 2.07. The lowest BCUT2D eigenvalue weighted by atomic mass is 9.78. The van der Waals surface area contributed by atoms with Crippen molar-refractivity contribution in [1.82, 2.24) is 0 Å². The lowest BCUT2D eigenvalue weighted by Crippen LogP contribution is -2.37. The van der Waals surface area contributed by atoms with Crippen LogP contribution >= 0.6 is 0 Å². The molecule has 0 aromatic heterocycles. The number of nitrogens with one attached hydrogen (secondary N) is 1. The van der Waals surface area contributed by atoms with Crippen LogP contribution in [0.2, 0.25) is 0 Å². The summed E-state index contributed by atoms with van der Waals surface area (Å²) in [7, 11) is 0. The summed E-state index contributed by atoms with van der Waals surface area (Å²) in [5, 5.41) is 3.76. The molecule has 2 rings (SSSR count). The molecule has 0 aliphatic heterocycles. The largest absolute Gasteiger partial charge is 0.382 e. The van der Waals surface area contributed by atoms with E-state index in [0.717, 1.165) is 18.3 Å². The van der Waals surface area contributed by atoms with Gasteiger partial charge in [0.05, 0.1) is 0 Å². The van der Waals surface area contributed by atoms with Gasteiger partial charge < -0.3 is 5.32 Å². The average Bonchev–Trinajstić information content (AvgIpc) is 2.34. The fourth-order valence-corrected chi connectivity index (χ4v) is 3.04. The van der Waals surface area contributed by atoms with Crippen molar-refractivity contribution in [2.45, 2.75) is 52.5 Å². The first-order valence-corrected chi connectivity index (χ1v) is 7.06. The number of aryl methyl sites for hydroxylation is 1. The van der Waals surface area contributed by atoms with E-state index >= 15 is 0 Å². The van der Waals surface area contributed by atoms with Crippen molar-refractivity contribution in [3.8, 4) is 0 Å². The number of hydrogen-bond donors (Lipinski definition) is 1. The summed E-state index contributed by atoms with van der Waals surface area (Å²) in [6, 6.07) is 9.52. The van der Waals surface area contributed by atoms with E-state index in [4.69, 9.17) is 0 Å². The van der Waals surface area contributed by atoms with E-state index in [-0.39, 0.29) is 0 Å². The topological polar surface area (TPSA) is 12.0 Å². The Bertz CT molecular complexity index is 348. The molecule has 0 saturated heterocycles. The van der Waals surface area contributed by atoms with Crippen molar-refractivity contribution >= 4 is 5.69 Å². The zero-order chi connectivity index (χ0) is 12.3. The SMILES string of the molecule is CCc1cccc(NC2C(C)CCCC2C)c1. The van der Waals surface area contributed by atoms with Gasteiger partial charge in [0, 0.05) is 11.7 Å². The quantitative estimate of drug-likeness (QED) is 0.808. The number of benzene rings is 1. The lowest BCUT2D eigenvalue weighted by Gasteiger charge is -2.36. The number of rotatable bonds is 3. The lowest BCUT2D eigenvalue weighted by molar-refractivity contribution is 0.268. The fourth-order valence-electron chi connectivity index (χ4n) is 3.04. The van der Waals surface area contributed by atoms with Crippen LogP contribution in [0.5, 0.6) is 0 Å². The molecule has 0 spiro atoms. The van der Waals surface area contributed by atoms with Crippen molar-refractivity contribution in [2.24, 2.45) is 11.8 Å². The molecular formula is C16H25N. The highest BCUT2D eigenvalue weighted by molar-refractivity contribution is 5.46. The zero-order valence-corrected chi connectivity index (χ0v) is 11.4. The maximum atomic E-state index is 3.76. The molecule has 1 saturated carbocycles. The molecule has 1 fully saturated rings. The molecule has 1 N–H and O–H groups in total. The van der Waals surface area contributed by atoms with Crippen LogP contribution in [0.15, 0.2) is 24.3 Å². The molecule has 1 nitrogen and oxygen atoms in total. The minimum atomic E-state index is 0.649. The number of anilines is 1. The second-order valence-corrected chi connectivity index (χ2v) is 5.61. The molecule has 0 radical (unpaired) electrons. The van der Waals surface area contributed by atoms with E-state index < -0.39 is 0 Å². The van der Waals surface area contributed by atoms with E-state index in [0.29, 0.717) is 6.04 Å². The Morgan fingerprint density at radius 2 is 1.88 bits per heavy atom. The second kappa shape index (κ2) is 5.57. The Hall–Kier alpha value is -0.980. The molecule has 2 unspecified atom stereocenters. The van der Waals surface area contributed by atoms with E-state index in [9.17, 15) is 0 Å². The predicted molar refractivity (Wildman–Crippen MR) is 75.4 cm³/mol. The van der Waals surface area contributed by atoms with Crippen LogP contribution in [0, 0.1) is 11.8 Å². The van der Waals surface area contributed by atoms with Crippen LogP contribution in [0.25, 0.3) is 0 Å². The monoisotopic (exact) mass is 231 g/mol. The molecule has 0 bridgehead atoms. The summed E-state index contributed by atoms with van der Waals surface area (Å²) < 4.78 is 0. The van der Waals surface area contributed by atoms with E-state index in [1.165, 1.54) is 30.5 Å². The molecule has 0 amide bonds. The van der Waals surface area contributed by atoms with Crippen molar-refractivity contribution in [1.29, 1.82) is 0 Å². The summed E-state index contributed by atoms with van der Waals surface area (Å²) in [6.45, 7) is 6.99. The van der Waals surface area contributed by atoms with Gasteiger partial charge in [-0.05, 0) is 48.8 Å². The maximum absolute atomic E-state index is 3.76. The average molecular weight is 231 g/mol. The number of hydrogen-bond acceptors (Lipinski definition) is 1.